The number of nitrogens with one attached hydrogen (secondary N) is 1. The first kappa shape index (κ1) is 12.0. The smallest absolute Gasteiger partial charge is 0.254 e. The number of pyridine rings is 1. The van der Waals surface area contributed by atoms with Gasteiger partial charge in [-0.15, -0.1) is 11.3 Å². The van der Waals surface area contributed by atoms with Crippen molar-refractivity contribution < 1.29 is 4.79 Å². The molecule has 1 amide bonds. The molecule has 0 bridgehead atoms. The predicted molar refractivity (Wildman–Crippen MR) is 67.4 cm³/mol. The zero-order valence-electron chi connectivity index (χ0n) is 8.89. The summed E-state index contributed by atoms with van der Waals surface area (Å²) in [5.41, 5.74) is 0.397. The SMILES string of the molecule is O=C(NCCc1nccs1)c1cccnc1Cl. The summed E-state index contributed by atoms with van der Waals surface area (Å²) in [5.74, 6) is -0.209. The highest BCUT2D eigenvalue weighted by molar-refractivity contribution is 7.09. The van der Waals surface area contributed by atoms with Gasteiger partial charge in [-0.3, -0.25) is 4.79 Å². The summed E-state index contributed by atoms with van der Waals surface area (Å²) in [6.07, 6.45) is 4.02. The zero-order chi connectivity index (χ0) is 12.1. The minimum Gasteiger partial charge on any atom is -0.352 e. The Morgan fingerprint density at radius 1 is 1.41 bits per heavy atom. The molecule has 0 saturated carbocycles. The van der Waals surface area contributed by atoms with Crippen molar-refractivity contribution in [3.8, 4) is 0 Å². The molecule has 2 heterocycles. The number of halogens is 1. The highest BCUT2D eigenvalue weighted by Gasteiger charge is 2.09. The number of hydrogen-bond acceptors (Lipinski definition) is 4. The average molecular weight is 268 g/mol. The van der Waals surface area contributed by atoms with Gasteiger partial charge >= 0.3 is 0 Å². The maximum absolute atomic E-state index is 11.7. The summed E-state index contributed by atoms with van der Waals surface area (Å²) in [7, 11) is 0. The molecule has 0 radical (unpaired) electrons. The van der Waals surface area contributed by atoms with Crippen LogP contribution in [-0.2, 0) is 6.42 Å². The van der Waals surface area contributed by atoms with Crippen molar-refractivity contribution in [2.24, 2.45) is 0 Å². The van der Waals surface area contributed by atoms with Gasteiger partial charge in [0.25, 0.3) is 5.91 Å². The Hall–Kier alpha value is -1.46. The van der Waals surface area contributed by atoms with Crippen LogP contribution < -0.4 is 5.32 Å². The maximum atomic E-state index is 11.7. The summed E-state index contributed by atoms with van der Waals surface area (Å²) >= 11 is 7.39. The fourth-order valence-corrected chi connectivity index (χ4v) is 2.14. The number of thiazole rings is 1. The molecule has 0 atom stereocenters. The number of carbonyl (C=O) groups excluding carboxylic acids is 1. The Kier molecular flexibility index (Phi) is 4.06. The van der Waals surface area contributed by atoms with Gasteiger partial charge in [0, 0.05) is 30.7 Å². The minimum absolute atomic E-state index is 0.209. The topological polar surface area (TPSA) is 54.9 Å². The second-order valence-corrected chi connectivity index (χ2v) is 4.61. The molecule has 4 nitrogen and oxygen atoms in total. The summed E-state index contributed by atoms with van der Waals surface area (Å²) in [6, 6.07) is 3.33. The van der Waals surface area contributed by atoms with Gasteiger partial charge < -0.3 is 5.32 Å². The lowest BCUT2D eigenvalue weighted by atomic mass is 10.2. The monoisotopic (exact) mass is 267 g/mol. The lowest BCUT2D eigenvalue weighted by molar-refractivity contribution is 0.0954. The van der Waals surface area contributed by atoms with E-state index in [9.17, 15) is 4.79 Å². The van der Waals surface area contributed by atoms with Crippen molar-refractivity contribution in [2.45, 2.75) is 6.42 Å². The van der Waals surface area contributed by atoms with Gasteiger partial charge in [0.1, 0.15) is 5.15 Å². The van der Waals surface area contributed by atoms with Crippen LogP contribution in [0.25, 0.3) is 0 Å². The van der Waals surface area contributed by atoms with Crippen LogP contribution in [0.3, 0.4) is 0 Å². The molecule has 2 rings (SSSR count). The van der Waals surface area contributed by atoms with E-state index in [4.69, 9.17) is 11.6 Å². The summed E-state index contributed by atoms with van der Waals surface area (Å²) in [4.78, 5) is 19.7. The molecular formula is C11H10ClN3OS. The number of hydrogen-bond donors (Lipinski definition) is 1. The number of amides is 1. The molecule has 0 aliphatic heterocycles. The first-order valence-corrected chi connectivity index (χ1v) is 6.30. The summed E-state index contributed by atoms with van der Waals surface area (Å²) in [5, 5.41) is 5.92. The third-order valence-electron chi connectivity index (χ3n) is 2.11. The third kappa shape index (κ3) is 3.25. The maximum Gasteiger partial charge on any atom is 0.254 e. The molecule has 0 fully saturated rings. The number of rotatable bonds is 4. The van der Waals surface area contributed by atoms with E-state index in [1.54, 1.807) is 35.9 Å². The van der Waals surface area contributed by atoms with Crippen LogP contribution in [0.1, 0.15) is 15.4 Å². The van der Waals surface area contributed by atoms with Gasteiger partial charge in [-0.25, -0.2) is 9.97 Å². The van der Waals surface area contributed by atoms with Crippen LogP contribution in [0.2, 0.25) is 5.15 Å². The van der Waals surface area contributed by atoms with Crippen molar-refractivity contribution in [1.82, 2.24) is 15.3 Å². The molecule has 6 heteroatoms. The fraction of sp³-hybridized carbons (Fsp3) is 0.182. The number of nitrogens with zero attached hydrogens (tertiary/aromatic N) is 2. The predicted octanol–water partition coefficient (Wildman–Crippen LogP) is 2.16. The molecule has 0 aliphatic carbocycles. The Morgan fingerprint density at radius 3 is 3.00 bits per heavy atom. The van der Waals surface area contributed by atoms with Gasteiger partial charge in [-0.1, -0.05) is 11.6 Å². The highest BCUT2D eigenvalue weighted by Crippen LogP contribution is 2.11. The first-order chi connectivity index (χ1) is 8.27. The lowest BCUT2D eigenvalue weighted by Gasteiger charge is -2.04. The second kappa shape index (κ2) is 5.75. The number of aromatic nitrogens is 2. The Morgan fingerprint density at radius 2 is 2.29 bits per heavy atom. The molecule has 17 heavy (non-hydrogen) atoms. The highest BCUT2D eigenvalue weighted by atomic mass is 35.5. The Balaban J connectivity index is 1.88. The molecule has 88 valence electrons. The molecule has 0 aliphatic rings. The van der Waals surface area contributed by atoms with Gasteiger partial charge in [0.15, 0.2) is 0 Å². The summed E-state index contributed by atoms with van der Waals surface area (Å²) < 4.78 is 0. The van der Waals surface area contributed by atoms with E-state index in [0.717, 1.165) is 11.4 Å². The average Bonchev–Trinajstić information content (AvgIpc) is 2.82. The molecular weight excluding hydrogens is 258 g/mol. The zero-order valence-corrected chi connectivity index (χ0v) is 10.5. The van der Waals surface area contributed by atoms with Gasteiger partial charge in [-0.05, 0) is 12.1 Å². The van der Waals surface area contributed by atoms with E-state index in [1.807, 2.05) is 5.38 Å². The van der Waals surface area contributed by atoms with Gasteiger partial charge in [-0.2, -0.15) is 0 Å². The third-order valence-corrected chi connectivity index (χ3v) is 3.25. The van der Waals surface area contributed by atoms with Crippen LogP contribution >= 0.6 is 22.9 Å². The van der Waals surface area contributed by atoms with E-state index >= 15 is 0 Å². The van der Waals surface area contributed by atoms with Crippen LogP contribution in [-0.4, -0.2) is 22.4 Å². The van der Waals surface area contributed by atoms with Crippen LogP contribution in [0.4, 0.5) is 0 Å². The Bertz CT molecular complexity index is 501. The van der Waals surface area contributed by atoms with E-state index in [2.05, 4.69) is 15.3 Å². The van der Waals surface area contributed by atoms with Crippen LogP contribution in [0, 0.1) is 0 Å². The van der Waals surface area contributed by atoms with Gasteiger partial charge in [0.05, 0.1) is 10.6 Å². The first-order valence-electron chi connectivity index (χ1n) is 5.04. The van der Waals surface area contributed by atoms with Gasteiger partial charge in [0.2, 0.25) is 0 Å². The molecule has 0 saturated heterocycles. The standard InChI is InChI=1S/C11H10ClN3OS/c12-10-8(2-1-4-14-10)11(16)15-5-3-9-13-6-7-17-9/h1-2,4,6-7H,3,5H2,(H,15,16). The van der Waals surface area contributed by atoms with Crippen LogP contribution in [0.15, 0.2) is 29.9 Å². The van der Waals surface area contributed by atoms with Crippen molar-refractivity contribution >= 4 is 28.8 Å². The number of carbonyl (C=O) groups is 1. The van der Waals surface area contributed by atoms with Crippen LogP contribution in [0.5, 0.6) is 0 Å². The summed E-state index contributed by atoms with van der Waals surface area (Å²) in [6.45, 7) is 0.539. The molecule has 0 aromatic carbocycles. The largest absolute Gasteiger partial charge is 0.352 e. The molecule has 0 unspecified atom stereocenters. The molecule has 2 aromatic rings. The minimum atomic E-state index is -0.209. The fourth-order valence-electron chi connectivity index (χ4n) is 1.31. The van der Waals surface area contributed by atoms with E-state index in [1.165, 1.54) is 0 Å². The molecule has 1 N–H and O–H groups in total. The Labute approximate surface area is 108 Å². The van der Waals surface area contributed by atoms with Crippen molar-refractivity contribution in [3.63, 3.8) is 0 Å². The quantitative estimate of drug-likeness (QED) is 0.864. The van der Waals surface area contributed by atoms with E-state index in [-0.39, 0.29) is 11.1 Å². The molecule has 2 aromatic heterocycles. The van der Waals surface area contributed by atoms with Crippen molar-refractivity contribution in [2.75, 3.05) is 6.54 Å². The normalized spacial score (nSPS) is 10.2. The second-order valence-electron chi connectivity index (χ2n) is 3.27. The molecule has 0 spiro atoms. The van der Waals surface area contributed by atoms with E-state index in [0.29, 0.717) is 12.1 Å². The van der Waals surface area contributed by atoms with Crippen molar-refractivity contribution in [3.05, 3.63) is 45.6 Å². The van der Waals surface area contributed by atoms with E-state index < -0.39 is 0 Å². The van der Waals surface area contributed by atoms with Crippen molar-refractivity contribution in [1.29, 1.82) is 0 Å². The lowest BCUT2D eigenvalue weighted by Crippen LogP contribution is -2.26.